The summed E-state index contributed by atoms with van der Waals surface area (Å²) >= 11 is 1.24. The number of methoxy groups -OCH3 is 1. The van der Waals surface area contributed by atoms with Crippen molar-refractivity contribution in [3.63, 3.8) is 0 Å². The zero-order valence-electron chi connectivity index (χ0n) is 9.70. The zero-order chi connectivity index (χ0) is 13.0. The van der Waals surface area contributed by atoms with Crippen molar-refractivity contribution in [1.29, 1.82) is 5.26 Å². The summed E-state index contributed by atoms with van der Waals surface area (Å²) in [5.41, 5.74) is 0.763. The Morgan fingerprint density at radius 3 is 2.94 bits per heavy atom. The van der Waals surface area contributed by atoms with E-state index < -0.39 is 0 Å². The lowest BCUT2D eigenvalue weighted by molar-refractivity contribution is 0.416. The largest absolute Gasteiger partial charge is 0.496 e. The van der Waals surface area contributed by atoms with Crippen LogP contribution in [0.3, 0.4) is 0 Å². The standard InChI is InChI=1S/C11H11N5OS/c1-17-9-5-3-2-4-8(9)10-14-15-11(16(10)13)18-7-6-12/h2-5H,7,13H2,1H3. The molecule has 2 N–H and O–H groups in total. The predicted octanol–water partition coefficient (Wildman–Crippen LogP) is 1.28. The minimum atomic E-state index is 0.279. The molecular formula is C11H11N5OS. The smallest absolute Gasteiger partial charge is 0.211 e. The number of ether oxygens (including phenoxy) is 1. The second kappa shape index (κ2) is 5.42. The van der Waals surface area contributed by atoms with E-state index in [-0.39, 0.29) is 5.75 Å². The topological polar surface area (TPSA) is 89.8 Å². The number of nitriles is 1. The highest BCUT2D eigenvalue weighted by atomic mass is 32.2. The predicted molar refractivity (Wildman–Crippen MR) is 68.5 cm³/mol. The third kappa shape index (κ3) is 2.24. The van der Waals surface area contributed by atoms with Crippen molar-refractivity contribution in [3.05, 3.63) is 24.3 Å². The Labute approximate surface area is 108 Å². The number of nitrogens with two attached hydrogens (primary N) is 1. The van der Waals surface area contributed by atoms with Crippen LogP contribution >= 0.6 is 11.8 Å². The van der Waals surface area contributed by atoms with E-state index in [9.17, 15) is 0 Å². The van der Waals surface area contributed by atoms with Gasteiger partial charge in [0.25, 0.3) is 0 Å². The average Bonchev–Trinajstić information content (AvgIpc) is 2.77. The van der Waals surface area contributed by atoms with E-state index in [1.54, 1.807) is 7.11 Å². The Balaban J connectivity index is 2.40. The number of hydrogen-bond donors (Lipinski definition) is 1. The van der Waals surface area contributed by atoms with E-state index in [0.29, 0.717) is 16.7 Å². The molecule has 0 bridgehead atoms. The molecule has 0 amide bonds. The quantitative estimate of drug-likeness (QED) is 0.658. The molecule has 1 heterocycles. The molecule has 0 saturated heterocycles. The lowest BCUT2D eigenvalue weighted by Gasteiger charge is -2.07. The summed E-state index contributed by atoms with van der Waals surface area (Å²) in [6, 6.07) is 9.43. The number of hydrogen-bond acceptors (Lipinski definition) is 6. The number of aromatic nitrogens is 3. The van der Waals surface area contributed by atoms with Crippen LogP contribution in [0.15, 0.2) is 29.4 Å². The molecule has 2 rings (SSSR count). The summed E-state index contributed by atoms with van der Waals surface area (Å²) in [5, 5.41) is 17.0. The van der Waals surface area contributed by atoms with Gasteiger partial charge in [-0.1, -0.05) is 23.9 Å². The number of para-hydroxylation sites is 1. The second-order valence-corrected chi connectivity index (χ2v) is 4.27. The molecule has 0 aliphatic heterocycles. The fourth-order valence-electron chi connectivity index (χ4n) is 1.49. The van der Waals surface area contributed by atoms with Crippen LogP contribution in [-0.2, 0) is 0 Å². The van der Waals surface area contributed by atoms with Crippen LogP contribution < -0.4 is 10.6 Å². The molecular weight excluding hydrogens is 250 g/mol. The summed E-state index contributed by atoms with van der Waals surface area (Å²) in [6.07, 6.45) is 0. The molecule has 0 aliphatic rings. The zero-order valence-corrected chi connectivity index (χ0v) is 10.5. The highest BCUT2D eigenvalue weighted by Gasteiger charge is 2.15. The van der Waals surface area contributed by atoms with Gasteiger partial charge in [-0.15, -0.1) is 10.2 Å². The third-order valence-corrected chi connectivity index (χ3v) is 3.09. The average molecular weight is 261 g/mol. The molecule has 0 fully saturated rings. The molecule has 0 saturated carbocycles. The van der Waals surface area contributed by atoms with Crippen LogP contribution in [0.1, 0.15) is 0 Å². The Hall–Kier alpha value is -2.20. The van der Waals surface area contributed by atoms with Gasteiger partial charge in [0.1, 0.15) is 5.75 Å². The summed E-state index contributed by atoms with van der Waals surface area (Å²) in [7, 11) is 1.58. The first kappa shape index (κ1) is 12.3. The van der Waals surface area contributed by atoms with Crippen LogP contribution in [0.5, 0.6) is 5.75 Å². The molecule has 0 radical (unpaired) electrons. The normalized spacial score (nSPS) is 10.0. The van der Waals surface area contributed by atoms with Crippen molar-refractivity contribution in [3.8, 4) is 23.2 Å². The van der Waals surface area contributed by atoms with Crippen molar-refractivity contribution in [2.75, 3.05) is 18.7 Å². The summed E-state index contributed by atoms with van der Waals surface area (Å²) in [5.74, 6) is 7.37. The van der Waals surface area contributed by atoms with Crippen molar-refractivity contribution < 1.29 is 4.74 Å². The first-order valence-electron chi connectivity index (χ1n) is 5.11. The van der Waals surface area contributed by atoms with E-state index in [1.165, 1.54) is 16.4 Å². The van der Waals surface area contributed by atoms with Gasteiger partial charge in [-0.25, -0.2) is 4.68 Å². The van der Waals surface area contributed by atoms with Gasteiger partial charge in [-0.05, 0) is 12.1 Å². The van der Waals surface area contributed by atoms with E-state index in [1.807, 2.05) is 30.3 Å². The van der Waals surface area contributed by atoms with Gasteiger partial charge in [0.2, 0.25) is 5.16 Å². The third-order valence-electron chi connectivity index (χ3n) is 2.28. The molecule has 0 unspecified atom stereocenters. The minimum Gasteiger partial charge on any atom is -0.496 e. The van der Waals surface area contributed by atoms with Gasteiger partial charge in [0.05, 0.1) is 24.5 Å². The van der Waals surface area contributed by atoms with Gasteiger partial charge in [-0.2, -0.15) is 5.26 Å². The van der Waals surface area contributed by atoms with Gasteiger partial charge >= 0.3 is 0 Å². The Kier molecular flexibility index (Phi) is 3.69. The summed E-state index contributed by atoms with van der Waals surface area (Å²) < 4.78 is 6.61. The monoisotopic (exact) mass is 261 g/mol. The van der Waals surface area contributed by atoms with Crippen molar-refractivity contribution in [1.82, 2.24) is 14.9 Å². The maximum absolute atomic E-state index is 8.54. The maximum atomic E-state index is 8.54. The van der Waals surface area contributed by atoms with Gasteiger partial charge in [-0.3, -0.25) is 0 Å². The molecule has 1 aromatic heterocycles. The Morgan fingerprint density at radius 2 is 2.22 bits per heavy atom. The van der Waals surface area contributed by atoms with Gasteiger partial charge < -0.3 is 10.6 Å². The highest BCUT2D eigenvalue weighted by molar-refractivity contribution is 7.99. The highest BCUT2D eigenvalue weighted by Crippen LogP contribution is 2.29. The van der Waals surface area contributed by atoms with Crippen LogP contribution in [0.25, 0.3) is 11.4 Å². The molecule has 2 aromatic rings. The summed E-state index contributed by atoms with van der Waals surface area (Å²) in [6.45, 7) is 0. The molecule has 92 valence electrons. The fourth-order valence-corrected chi connectivity index (χ4v) is 2.00. The number of rotatable bonds is 4. The van der Waals surface area contributed by atoms with E-state index in [0.717, 1.165) is 5.56 Å². The Bertz CT molecular complexity index is 589. The molecule has 7 heteroatoms. The molecule has 0 spiro atoms. The summed E-state index contributed by atoms with van der Waals surface area (Å²) in [4.78, 5) is 0. The van der Waals surface area contributed by atoms with E-state index >= 15 is 0 Å². The van der Waals surface area contributed by atoms with Crippen LogP contribution in [0.2, 0.25) is 0 Å². The number of nitrogen functional groups attached to an aromatic ring is 1. The minimum absolute atomic E-state index is 0.279. The van der Waals surface area contributed by atoms with Crippen LogP contribution in [0, 0.1) is 11.3 Å². The van der Waals surface area contributed by atoms with E-state index in [2.05, 4.69) is 10.2 Å². The molecule has 1 aromatic carbocycles. The second-order valence-electron chi connectivity index (χ2n) is 3.32. The first-order chi connectivity index (χ1) is 8.77. The van der Waals surface area contributed by atoms with Gasteiger partial charge in [0.15, 0.2) is 5.82 Å². The number of nitrogens with zero attached hydrogens (tertiary/aromatic N) is 4. The first-order valence-corrected chi connectivity index (χ1v) is 6.10. The lowest BCUT2D eigenvalue weighted by atomic mass is 10.2. The van der Waals surface area contributed by atoms with Crippen LogP contribution in [0.4, 0.5) is 0 Å². The number of thioether (sulfide) groups is 1. The van der Waals surface area contributed by atoms with Crippen molar-refractivity contribution >= 4 is 11.8 Å². The van der Waals surface area contributed by atoms with Gasteiger partial charge in [0, 0.05) is 0 Å². The van der Waals surface area contributed by atoms with Crippen LogP contribution in [-0.4, -0.2) is 27.7 Å². The fraction of sp³-hybridized carbons (Fsp3) is 0.182. The SMILES string of the molecule is COc1ccccc1-c1nnc(SCC#N)n1N. The number of benzene rings is 1. The molecule has 6 nitrogen and oxygen atoms in total. The van der Waals surface area contributed by atoms with Crippen molar-refractivity contribution in [2.24, 2.45) is 0 Å². The Morgan fingerprint density at radius 1 is 1.44 bits per heavy atom. The van der Waals surface area contributed by atoms with E-state index in [4.69, 9.17) is 15.8 Å². The lowest BCUT2D eigenvalue weighted by Crippen LogP contribution is -2.12. The molecule has 0 atom stereocenters. The molecule has 0 aliphatic carbocycles. The maximum Gasteiger partial charge on any atom is 0.211 e. The molecule has 18 heavy (non-hydrogen) atoms. The van der Waals surface area contributed by atoms with Crippen molar-refractivity contribution in [2.45, 2.75) is 5.16 Å².